The van der Waals surface area contributed by atoms with Crippen LogP contribution in [0.3, 0.4) is 0 Å². The zero-order valence-corrected chi connectivity index (χ0v) is 25.5. The maximum atomic E-state index is 13.9. The minimum Gasteiger partial charge on any atom is -0.381 e. The van der Waals surface area contributed by atoms with Gasteiger partial charge in [-0.2, -0.15) is 0 Å². The van der Waals surface area contributed by atoms with Gasteiger partial charge in [0.25, 0.3) is 0 Å². The number of rotatable bonds is 6. The van der Waals surface area contributed by atoms with Crippen molar-refractivity contribution in [3.8, 4) is 0 Å². The van der Waals surface area contributed by atoms with Crippen molar-refractivity contribution in [3.63, 3.8) is 0 Å². The number of piperidine rings is 1. The summed E-state index contributed by atoms with van der Waals surface area (Å²) in [5, 5.41) is 9.25. The van der Waals surface area contributed by atoms with Crippen LogP contribution in [0.1, 0.15) is 50.2 Å². The first-order valence-electron chi connectivity index (χ1n) is 15.8. The Morgan fingerprint density at radius 3 is 2.34 bits per heavy atom. The third-order valence-electron chi connectivity index (χ3n) is 9.28. The van der Waals surface area contributed by atoms with Crippen LogP contribution in [0.25, 0.3) is 0 Å². The van der Waals surface area contributed by atoms with Gasteiger partial charge in [-0.3, -0.25) is 19.2 Å². The average Bonchev–Trinajstić information content (AvgIpc) is 3.03. The van der Waals surface area contributed by atoms with E-state index in [9.17, 15) is 19.2 Å². The average molecular weight is 601 g/mol. The van der Waals surface area contributed by atoms with Crippen molar-refractivity contribution in [2.45, 2.75) is 70.0 Å². The van der Waals surface area contributed by atoms with Crippen LogP contribution in [0, 0.1) is 11.3 Å². The largest absolute Gasteiger partial charge is 0.381 e. The molecule has 2 saturated heterocycles. The molecule has 4 atom stereocenters. The number of nitrogens with zero attached hydrogens (tertiary/aromatic N) is 1. The number of carbonyl (C=O) groups is 4. The van der Waals surface area contributed by atoms with Gasteiger partial charge in [0, 0.05) is 58.0 Å². The number of hydrogen-bond acceptors (Lipinski definition) is 5. The predicted molar refractivity (Wildman–Crippen MR) is 167 cm³/mol. The van der Waals surface area contributed by atoms with Crippen molar-refractivity contribution in [1.29, 1.82) is 0 Å². The normalized spacial score (nSPS) is 24.6. The van der Waals surface area contributed by atoms with E-state index in [0.717, 1.165) is 11.1 Å². The SMILES string of the molecule is CC(=O)N[C@@H](Cc1ccccc1)C(=O)N1CC[C@@H]2NC(=O)[C@H](Cc3ccccc3)NC(=O)C3(CC=CC[C@@H]2C1)CCOCC3. The number of allylic oxidation sites excluding steroid dienone is 2. The Kier molecular flexibility index (Phi) is 10.5. The van der Waals surface area contributed by atoms with Crippen molar-refractivity contribution in [2.75, 3.05) is 26.3 Å². The van der Waals surface area contributed by atoms with Crippen molar-refractivity contribution in [3.05, 3.63) is 83.9 Å². The predicted octanol–water partition coefficient (Wildman–Crippen LogP) is 2.94. The Hall–Kier alpha value is -3.98. The van der Waals surface area contributed by atoms with Crippen molar-refractivity contribution in [2.24, 2.45) is 11.3 Å². The van der Waals surface area contributed by atoms with Gasteiger partial charge in [0.15, 0.2) is 0 Å². The van der Waals surface area contributed by atoms with E-state index < -0.39 is 17.5 Å². The Labute approximate surface area is 259 Å². The molecule has 234 valence electrons. The van der Waals surface area contributed by atoms with Gasteiger partial charge in [0.2, 0.25) is 23.6 Å². The standard InChI is InChI=1S/C35H44N4O5/c1-25(40)36-31(23-27-12-6-3-7-13-27)33(42)39-19-15-29-28(24-39)14-8-9-16-35(17-20-44-21-18-35)34(43)38-30(32(41)37-29)22-26-10-4-2-5-11-26/h2-13,28-31H,14-24H2,1H3,(H,36,40)(H,37,41)(H,38,43)/t28-,29+,30+,31+/m1/s1. The van der Waals surface area contributed by atoms with Crippen molar-refractivity contribution in [1.82, 2.24) is 20.9 Å². The fourth-order valence-corrected chi connectivity index (χ4v) is 6.70. The summed E-state index contributed by atoms with van der Waals surface area (Å²) >= 11 is 0. The molecule has 3 aliphatic rings. The van der Waals surface area contributed by atoms with E-state index in [1.807, 2.05) is 65.6 Å². The molecule has 9 heteroatoms. The molecule has 3 aliphatic heterocycles. The topological polar surface area (TPSA) is 117 Å². The van der Waals surface area contributed by atoms with E-state index >= 15 is 0 Å². The van der Waals surface area contributed by atoms with Crippen LogP contribution >= 0.6 is 0 Å². The Bertz CT molecular complexity index is 1330. The fourth-order valence-electron chi connectivity index (χ4n) is 6.70. The Morgan fingerprint density at radius 1 is 0.977 bits per heavy atom. The second-order valence-electron chi connectivity index (χ2n) is 12.4. The number of nitrogens with one attached hydrogen (secondary N) is 3. The van der Waals surface area contributed by atoms with Crippen LogP contribution in [0.2, 0.25) is 0 Å². The zero-order chi connectivity index (χ0) is 30.9. The highest BCUT2D eigenvalue weighted by Crippen LogP contribution is 2.36. The number of carbonyl (C=O) groups excluding carboxylic acids is 4. The number of benzene rings is 2. The summed E-state index contributed by atoms with van der Waals surface area (Å²) in [7, 11) is 0. The molecule has 44 heavy (non-hydrogen) atoms. The second kappa shape index (κ2) is 14.7. The molecule has 3 heterocycles. The highest BCUT2D eigenvalue weighted by atomic mass is 16.5. The molecular weight excluding hydrogens is 556 g/mol. The number of ether oxygens (including phenoxy) is 1. The first-order chi connectivity index (χ1) is 21.3. The molecule has 0 unspecified atom stereocenters. The highest BCUT2D eigenvalue weighted by molar-refractivity contribution is 5.91. The summed E-state index contributed by atoms with van der Waals surface area (Å²) in [6.45, 7) is 3.38. The van der Waals surface area contributed by atoms with Gasteiger partial charge in [0.05, 0.1) is 5.41 Å². The lowest BCUT2D eigenvalue weighted by Crippen LogP contribution is -2.60. The minimum atomic E-state index is -0.719. The summed E-state index contributed by atoms with van der Waals surface area (Å²) < 4.78 is 5.60. The number of hydrogen-bond donors (Lipinski definition) is 3. The van der Waals surface area contributed by atoms with Gasteiger partial charge in [0.1, 0.15) is 12.1 Å². The molecule has 3 N–H and O–H groups in total. The zero-order valence-electron chi connectivity index (χ0n) is 25.5. The summed E-state index contributed by atoms with van der Waals surface area (Å²) in [5.41, 5.74) is 1.32. The maximum Gasteiger partial charge on any atom is 0.245 e. The maximum absolute atomic E-state index is 13.9. The van der Waals surface area contributed by atoms with Crippen LogP contribution in [0.4, 0.5) is 0 Å². The van der Waals surface area contributed by atoms with Crippen LogP contribution in [0.15, 0.2) is 72.8 Å². The van der Waals surface area contributed by atoms with Gasteiger partial charge in [-0.25, -0.2) is 0 Å². The minimum absolute atomic E-state index is 0.0132. The monoisotopic (exact) mass is 600 g/mol. The molecule has 1 spiro atoms. The molecule has 5 rings (SSSR count). The molecule has 0 aliphatic carbocycles. The molecule has 4 amide bonds. The molecule has 2 fully saturated rings. The fraction of sp³-hybridized carbons (Fsp3) is 0.486. The molecule has 2 aromatic carbocycles. The Balaban J connectivity index is 1.36. The van der Waals surface area contributed by atoms with Gasteiger partial charge in [-0.05, 0) is 43.2 Å². The first-order valence-corrected chi connectivity index (χ1v) is 15.8. The van der Waals surface area contributed by atoms with E-state index in [1.165, 1.54) is 6.92 Å². The van der Waals surface area contributed by atoms with E-state index in [0.29, 0.717) is 71.2 Å². The van der Waals surface area contributed by atoms with Crippen molar-refractivity contribution < 1.29 is 23.9 Å². The second-order valence-corrected chi connectivity index (χ2v) is 12.4. The van der Waals surface area contributed by atoms with Gasteiger partial charge >= 0.3 is 0 Å². The molecular formula is C35H44N4O5. The highest BCUT2D eigenvalue weighted by Gasteiger charge is 2.42. The van der Waals surface area contributed by atoms with E-state index in [1.54, 1.807) is 0 Å². The lowest BCUT2D eigenvalue weighted by molar-refractivity contribution is -0.141. The summed E-state index contributed by atoms with van der Waals surface area (Å²) in [6, 6.07) is 17.9. The van der Waals surface area contributed by atoms with Crippen LogP contribution < -0.4 is 16.0 Å². The lowest BCUT2D eigenvalue weighted by atomic mass is 9.75. The molecule has 0 saturated carbocycles. The van der Waals surface area contributed by atoms with Gasteiger partial charge in [-0.15, -0.1) is 0 Å². The summed E-state index contributed by atoms with van der Waals surface area (Å²) in [5.74, 6) is -0.672. The molecule has 0 radical (unpaired) electrons. The van der Waals surface area contributed by atoms with Crippen molar-refractivity contribution >= 4 is 23.6 Å². The van der Waals surface area contributed by atoms with E-state index in [-0.39, 0.29) is 35.6 Å². The van der Waals surface area contributed by atoms with Crippen LogP contribution in [0.5, 0.6) is 0 Å². The molecule has 9 nitrogen and oxygen atoms in total. The van der Waals surface area contributed by atoms with Gasteiger partial charge in [-0.1, -0.05) is 72.8 Å². The molecule has 0 bridgehead atoms. The first kappa shape index (κ1) is 31.4. The third kappa shape index (κ3) is 7.94. The lowest BCUT2D eigenvalue weighted by Gasteiger charge is -2.41. The third-order valence-corrected chi connectivity index (χ3v) is 9.28. The summed E-state index contributed by atoms with van der Waals surface area (Å²) in [6.07, 6.45) is 8.01. The number of fused-ring (bicyclic) bond motifs is 1. The van der Waals surface area contributed by atoms with E-state index in [4.69, 9.17) is 4.74 Å². The summed E-state index contributed by atoms with van der Waals surface area (Å²) in [4.78, 5) is 55.3. The van der Waals surface area contributed by atoms with E-state index in [2.05, 4.69) is 28.1 Å². The molecule has 2 aromatic rings. The van der Waals surface area contributed by atoms with Crippen LogP contribution in [-0.4, -0.2) is 73.0 Å². The van der Waals surface area contributed by atoms with Gasteiger partial charge < -0.3 is 25.6 Å². The number of amides is 4. The molecule has 0 aromatic heterocycles. The number of likely N-dealkylation sites (tertiary alicyclic amines) is 1. The van der Waals surface area contributed by atoms with Crippen LogP contribution in [-0.2, 0) is 36.8 Å². The Morgan fingerprint density at radius 2 is 1.66 bits per heavy atom. The smallest absolute Gasteiger partial charge is 0.245 e. The quantitative estimate of drug-likeness (QED) is 0.441.